The molecule has 10 nitrogen and oxygen atoms in total. The lowest BCUT2D eigenvalue weighted by Crippen LogP contribution is -2.59. The van der Waals surface area contributed by atoms with Crippen molar-refractivity contribution in [3.05, 3.63) is 0 Å². The lowest BCUT2D eigenvalue weighted by molar-refractivity contribution is -0.305. The molecule has 4 N–H and O–H groups in total. The lowest BCUT2D eigenvalue weighted by atomic mass is 9.99. The Morgan fingerprint density at radius 1 is 0.659 bits per heavy atom. The maximum Gasteiger partial charge on any atom is 0.306 e. The van der Waals surface area contributed by atoms with Crippen molar-refractivity contribution in [1.29, 1.82) is 0 Å². The van der Waals surface area contributed by atoms with Crippen LogP contribution in [0.15, 0.2) is 0 Å². The Bertz CT molecular complexity index is 659. The molecule has 1 aliphatic heterocycles. The Balaban J connectivity index is 2.49. The monoisotopic (exact) mass is 590 g/mol. The highest BCUT2D eigenvalue weighted by atomic mass is 16.7. The van der Waals surface area contributed by atoms with E-state index in [1.807, 2.05) is 0 Å². The minimum Gasteiger partial charge on any atom is -0.462 e. The summed E-state index contributed by atoms with van der Waals surface area (Å²) < 4.78 is 21.8. The number of esters is 2. The normalized spacial score (nSPS) is 23.3. The number of unbranched alkanes of at least 4 members (excludes halogenated alkanes) is 14. The Kier molecular flexibility index (Phi) is 22.2. The van der Waals surface area contributed by atoms with Crippen LogP contribution in [-0.4, -0.2) is 89.0 Å². The Labute approximate surface area is 247 Å². The van der Waals surface area contributed by atoms with Crippen molar-refractivity contribution in [2.75, 3.05) is 19.8 Å². The van der Waals surface area contributed by atoms with Crippen molar-refractivity contribution >= 4 is 11.9 Å². The number of rotatable bonds is 25. The molecule has 10 heteroatoms. The maximum atomic E-state index is 12.5. The molecule has 1 fully saturated rings. The fourth-order valence-corrected chi connectivity index (χ4v) is 4.83. The second-order valence-electron chi connectivity index (χ2n) is 11.3. The molecule has 41 heavy (non-hydrogen) atoms. The number of carbonyl (C=O) groups is 2. The highest BCUT2D eigenvalue weighted by molar-refractivity contribution is 5.70. The van der Waals surface area contributed by atoms with Crippen LogP contribution in [0.4, 0.5) is 0 Å². The Morgan fingerprint density at radius 3 is 1.66 bits per heavy atom. The molecule has 0 saturated carbocycles. The number of carbonyl (C=O) groups excluding carboxylic acids is 2. The summed E-state index contributed by atoms with van der Waals surface area (Å²) in [6, 6.07) is 0. The second kappa shape index (κ2) is 24.2. The largest absolute Gasteiger partial charge is 0.462 e. The summed E-state index contributed by atoms with van der Waals surface area (Å²) in [5, 5.41) is 39.6. The van der Waals surface area contributed by atoms with Crippen molar-refractivity contribution < 1.29 is 49.0 Å². The van der Waals surface area contributed by atoms with Gasteiger partial charge in [0.1, 0.15) is 31.0 Å². The van der Waals surface area contributed by atoms with E-state index in [-0.39, 0.29) is 32.0 Å². The van der Waals surface area contributed by atoms with E-state index < -0.39 is 49.4 Å². The molecule has 0 aromatic carbocycles. The quantitative estimate of drug-likeness (QED) is 0.0893. The summed E-state index contributed by atoms with van der Waals surface area (Å²) in [4.78, 5) is 24.8. The van der Waals surface area contributed by atoms with E-state index in [0.717, 1.165) is 38.5 Å². The van der Waals surface area contributed by atoms with Crippen LogP contribution in [0.25, 0.3) is 0 Å². The van der Waals surface area contributed by atoms with Gasteiger partial charge < -0.3 is 39.4 Å². The zero-order valence-corrected chi connectivity index (χ0v) is 25.6. The van der Waals surface area contributed by atoms with E-state index in [9.17, 15) is 30.0 Å². The minimum absolute atomic E-state index is 0.212. The molecule has 1 heterocycles. The molecule has 242 valence electrons. The standard InChI is InChI=1S/C31H58O10/c1-3-5-7-9-11-13-15-17-19-26(33)38-22-24(40-27(34)20-18-16-14-12-10-8-6-4-2)23-39-31-30(37)29(36)28(35)25(21-32)41-31/h24-25,28-32,35-37H,3-23H2,1-2H3. The van der Waals surface area contributed by atoms with Gasteiger partial charge in [-0.3, -0.25) is 9.59 Å². The number of aliphatic hydroxyl groups excluding tert-OH is 4. The molecule has 0 spiro atoms. The molecule has 1 saturated heterocycles. The van der Waals surface area contributed by atoms with Crippen molar-refractivity contribution in [3.8, 4) is 0 Å². The fraction of sp³-hybridized carbons (Fsp3) is 0.935. The Hall–Kier alpha value is -1.30. The van der Waals surface area contributed by atoms with Crippen LogP contribution >= 0.6 is 0 Å². The predicted molar refractivity (Wildman–Crippen MR) is 155 cm³/mol. The van der Waals surface area contributed by atoms with Crippen molar-refractivity contribution in [3.63, 3.8) is 0 Å². The summed E-state index contributed by atoms with van der Waals surface area (Å²) in [5.41, 5.74) is 0. The van der Waals surface area contributed by atoms with Crippen LogP contribution in [0.5, 0.6) is 0 Å². The summed E-state index contributed by atoms with van der Waals surface area (Å²) in [6.45, 7) is 3.31. The minimum atomic E-state index is -1.58. The van der Waals surface area contributed by atoms with Crippen LogP contribution in [-0.2, 0) is 28.5 Å². The van der Waals surface area contributed by atoms with E-state index >= 15 is 0 Å². The highest BCUT2D eigenvalue weighted by Gasteiger charge is 2.44. The van der Waals surface area contributed by atoms with Crippen molar-refractivity contribution in [1.82, 2.24) is 0 Å². The maximum absolute atomic E-state index is 12.5. The predicted octanol–water partition coefficient (Wildman–Crippen LogP) is 4.32. The molecule has 1 rings (SSSR count). The van der Waals surface area contributed by atoms with Gasteiger partial charge in [0.25, 0.3) is 0 Å². The topological polar surface area (TPSA) is 152 Å². The van der Waals surface area contributed by atoms with Gasteiger partial charge in [-0.05, 0) is 12.8 Å². The number of aliphatic hydroxyl groups is 4. The van der Waals surface area contributed by atoms with Gasteiger partial charge in [-0.2, -0.15) is 0 Å². The van der Waals surface area contributed by atoms with Crippen molar-refractivity contribution in [2.24, 2.45) is 0 Å². The highest BCUT2D eigenvalue weighted by Crippen LogP contribution is 2.22. The number of hydrogen-bond acceptors (Lipinski definition) is 10. The van der Waals surface area contributed by atoms with Crippen LogP contribution in [0.3, 0.4) is 0 Å². The van der Waals surface area contributed by atoms with Crippen LogP contribution in [0.1, 0.15) is 129 Å². The molecular weight excluding hydrogens is 532 g/mol. The molecule has 0 aromatic rings. The van der Waals surface area contributed by atoms with E-state index in [1.165, 1.54) is 57.8 Å². The first-order valence-electron chi connectivity index (χ1n) is 16.1. The van der Waals surface area contributed by atoms with Gasteiger partial charge in [-0.15, -0.1) is 0 Å². The molecule has 0 radical (unpaired) electrons. The molecule has 1 aliphatic rings. The molecule has 0 aliphatic carbocycles. The zero-order valence-electron chi connectivity index (χ0n) is 25.6. The summed E-state index contributed by atoms with van der Waals surface area (Å²) in [7, 11) is 0. The summed E-state index contributed by atoms with van der Waals surface area (Å²) >= 11 is 0. The third-order valence-corrected chi connectivity index (χ3v) is 7.49. The van der Waals surface area contributed by atoms with Gasteiger partial charge in [0.15, 0.2) is 12.4 Å². The smallest absolute Gasteiger partial charge is 0.306 e. The Morgan fingerprint density at radius 2 is 1.15 bits per heavy atom. The molecule has 0 bridgehead atoms. The van der Waals surface area contributed by atoms with E-state index in [1.54, 1.807) is 0 Å². The average Bonchev–Trinajstić information content (AvgIpc) is 2.96. The molecule has 6 unspecified atom stereocenters. The van der Waals surface area contributed by atoms with E-state index in [2.05, 4.69) is 13.8 Å². The van der Waals surface area contributed by atoms with Gasteiger partial charge in [0.05, 0.1) is 13.2 Å². The molecule has 0 aromatic heterocycles. The van der Waals surface area contributed by atoms with Crippen molar-refractivity contribution in [2.45, 2.75) is 166 Å². The first-order chi connectivity index (χ1) is 19.8. The van der Waals surface area contributed by atoms with Gasteiger partial charge in [-0.1, -0.05) is 104 Å². The van der Waals surface area contributed by atoms with Crippen LogP contribution < -0.4 is 0 Å². The van der Waals surface area contributed by atoms with Gasteiger partial charge in [0.2, 0.25) is 0 Å². The average molecular weight is 591 g/mol. The second-order valence-corrected chi connectivity index (χ2v) is 11.3. The number of ether oxygens (including phenoxy) is 4. The first kappa shape index (κ1) is 37.7. The third-order valence-electron chi connectivity index (χ3n) is 7.49. The molecular formula is C31H58O10. The third kappa shape index (κ3) is 17.4. The SMILES string of the molecule is CCCCCCCCCCC(=O)OCC(COC1OC(CO)C(O)C(O)C1O)OC(=O)CCCCCCCCCC. The summed E-state index contributed by atoms with van der Waals surface area (Å²) in [5.74, 6) is -0.814. The van der Waals surface area contributed by atoms with Crippen LogP contribution in [0.2, 0.25) is 0 Å². The lowest BCUT2D eigenvalue weighted by Gasteiger charge is -2.39. The fourth-order valence-electron chi connectivity index (χ4n) is 4.83. The number of hydrogen-bond donors (Lipinski definition) is 4. The van der Waals surface area contributed by atoms with Gasteiger partial charge >= 0.3 is 11.9 Å². The zero-order chi connectivity index (χ0) is 30.3. The molecule has 6 atom stereocenters. The van der Waals surface area contributed by atoms with Gasteiger partial charge in [0, 0.05) is 12.8 Å². The first-order valence-corrected chi connectivity index (χ1v) is 16.1. The summed E-state index contributed by atoms with van der Waals surface area (Å²) in [6.07, 6.45) is 10.1. The van der Waals surface area contributed by atoms with E-state index in [0.29, 0.717) is 6.42 Å². The van der Waals surface area contributed by atoms with Gasteiger partial charge in [-0.25, -0.2) is 0 Å². The molecule has 0 amide bonds. The van der Waals surface area contributed by atoms with Crippen LogP contribution in [0, 0.1) is 0 Å². The van der Waals surface area contributed by atoms with E-state index in [4.69, 9.17) is 18.9 Å².